The van der Waals surface area contributed by atoms with Crippen molar-refractivity contribution in [2.45, 2.75) is 35.1 Å². The molecule has 0 bridgehead atoms. The molecule has 3 N–H and O–H groups in total. The van der Waals surface area contributed by atoms with Crippen LogP contribution in [0.1, 0.15) is 19.3 Å². The van der Waals surface area contributed by atoms with Crippen LogP contribution in [0.5, 0.6) is 0 Å². The Morgan fingerprint density at radius 1 is 1.43 bits per heavy atom. The lowest BCUT2D eigenvalue weighted by atomic mass is 10.1. The Morgan fingerprint density at radius 2 is 2.14 bits per heavy atom. The highest BCUT2D eigenvalue weighted by molar-refractivity contribution is 7.98. The van der Waals surface area contributed by atoms with Crippen LogP contribution in [0.4, 0.5) is 0 Å². The normalized spacial score (nSPS) is 22.0. The molecule has 21 heavy (non-hydrogen) atoms. The van der Waals surface area contributed by atoms with Gasteiger partial charge < -0.3 is 5.73 Å². The summed E-state index contributed by atoms with van der Waals surface area (Å²) < 4.78 is 27.5. The molecule has 2 atom stereocenters. The van der Waals surface area contributed by atoms with Gasteiger partial charge >= 0.3 is 0 Å². The molecule has 0 aliphatic heterocycles. The number of nitrogens with two attached hydrogens (primary N) is 1. The zero-order valence-electron chi connectivity index (χ0n) is 11.7. The predicted molar refractivity (Wildman–Crippen MR) is 91.0 cm³/mol. The van der Waals surface area contributed by atoms with Gasteiger partial charge in [0.05, 0.1) is 9.92 Å². The average Bonchev–Trinajstić information content (AvgIpc) is 2.85. The minimum atomic E-state index is -3.53. The monoisotopic (exact) mass is 370 g/mol. The number of sulfonamides is 1. The molecule has 0 aromatic heterocycles. The summed E-state index contributed by atoms with van der Waals surface area (Å²) in [4.78, 5) is 1.08. The molecule has 2 unspecified atom stereocenters. The van der Waals surface area contributed by atoms with Gasteiger partial charge in [-0.25, -0.2) is 13.1 Å². The number of halogens is 2. The van der Waals surface area contributed by atoms with Gasteiger partial charge in [-0.1, -0.05) is 18.0 Å². The lowest BCUT2D eigenvalue weighted by molar-refractivity contribution is 0.453. The van der Waals surface area contributed by atoms with Crippen molar-refractivity contribution in [2.24, 2.45) is 11.7 Å². The highest BCUT2D eigenvalue weighted by Crippen LogP contribution is 2.29. The van der Waals surface area contributed by atoms with Crippen LogP contribution in [0, 0.1) is 5.92 Å². The minimum Gasteiger partial charge on any atom is -0.330 e. The largest absolute Gasteiger partial charge is 0.330 e. The number of hydrogen-bond acceptors (Lipinski definition) is 4. The van der Waals surface area contributed by atoms with Crippen LogP contribution in [0.15, 0.2) is 28.0 Å². The van der Waals surface area contributed by atoms with Crippen LogP contribution in [-0.4, -0.2) is 27.3 Å². The maximum Gasteiger partial charge on any atom is 0.240 e. The third-order valence-electron chi connectivity index (χ3n) is 3.70. The SMILES string of the molecule is CSc1ccc(S(=O)(=O)NC2CCCC2CN)cc1Cl.Cl. The van der Waals surface area contributed by atoms with Crippen LogP contribution < -0.4 is 10.5 Å². The molecule has 0 radical (unpaired) electrons. The van der Waals surface area contributed by atoms with Crippen molar-refractivity contribution in [3.63, 3.8) is 0 Å². The van der Waals surface area contributed by atoms with Crippen molar-refractivity contribution in [3.05, 3.63) is 23.2 Å². The van der Waals surface area contributed by atoms with Gasteiger partial charge in [0, 0.05) is 10.9 Å². The standard InChI is InChI=1S/C13H19ClN2O2S2.ClH/c1-19-13-6-5-10(7-11(13)14)20(17,18)16-12-4-2-3-9(12)8-15;/h5-7,9,12,16H,2-4,8,15H2,1H3;1H. The van der Waals surface area contributed by atoms with Crippen LogP contribution >= 0.6 is 35.8 Å². The first-order chi connectivity index (χ1) is 9.47. The number of thioether (sulfide) groups is 1. The molecule has 1 saturated carbocycles. The van der Waals surface area contributed by atoms with E-state index in [9.17, 15) is 8.42 Å². The number of hydrogen-bond donors (Lipinski definition) is 2. The van der Waals surface area contributed by atoms with E-state index in [-0.39, 0.29) is 29.3 Å². The Balaban J connectivity index is 0.00000220. The molecule has 1 aromatic carbocycles. The number of nitrogens with one attached hydrogen (secondary N) is 1. The molecule has 0 spiro atoms. The molecular formula is C13H20Cl2N2O2S2. The Morgan fingerprint density at radius 3 is 2.71 bits per heavy atom. The van der Waals surface area contributed by atoms with E-state index in [1.54, 1.807) is 12.1 Å². The van der Waals surface area contributed by atoms with Gasteiger partial charge in [0.25, 0.3) is 0 Å². The van der Waals surface area contributed by atoms with E-state index in [1.165, 1.54) is 17.8 Å². The maximum absolute atomic E-state index is 12.4. The summed E-state index contributed by atoms with van der Waals surface area (Å²) in [6, 6.07) is 4.76. The highest BCUT2D eigenvalue weighted by atomic mass is 35.5. The van der Waals surface area contributed by atoms with Gasteiger partial charge in [-0.2, -0.15) is 0 Å². The number of rotatable bonds is 5. The van der Waals surface area contributed by atoms with Crippen molar-refractivity contribution < 1.29 is 8.42 Å². The molecule has 4 nitrogen and oxygen atoms in total. The number of benzene rings is 1. The van der Waals surface area contributed by atoms with Crippen LogP contribution in [-0.2, 0) is 10.0 Å². The first-order valence-corrected chi connectivity index (χ1v) is 9.62. The van der Waals surface area contributed by atoms with Crippen molar-refractivity contribution >= 4 is 45.8 Å². The van der Waals surface area contributed by atoms with E-state index >= 15 is 0 Å². The summed E-state index contributed by atoms with van der Waals surface area (Å²) in [7, 11) is -3.53. The molecule has 1 aromatic rings. The summed E-state index contributed by atoms with van der Waals surface area (Å²) in [6.07, 6.45) is 4.74. The Bertz CT molecular complexity index is 582. The van der Waals surface area contributed by atoms with Gasteiger partial charge in [0.15, 0.2) is 0 Å². The van der Waals surface area contributed by atoms with E-state index in [0.717, 1.165) is 24.2 Å². The fraction of sp³-hybridized carbons (Fsp3) is 0.538. The molecule has 2 rings (SSSR count). The van der Waals surface area contributed by atoms with Gasteiger partial charge in [0.2, 0.25) is 10.0 Å². The molecule has 120 valence electrons. The molecule has 0 heterocycles. The molecule has 0 amide bonds. The summed E-state index contributed by atoms with van der Waals surface area (Å²) in [5.41, 5.74) is 5.69. The second kappa shape index (κ2) is 8.04. The molecule has 1 aliphatic carbocycles. The van der Waals surface area contributed by atoms with Gasteiger partial charge in [0.1, 0.15) is 0 Å². The van der Waals surface area contributed by atoms with Crippen molar-refractivity contribution in [2.75, 3.05) is 12.8 Å². The average molecular weight is 371 g/mol. The van der Waals surface area contributed by atoms with E-state index in [1.807, 2.05) is 6.26 Å². The van der Waals surface area contributed by atoms with E-state index in [4.69, 9.17) is 17.3 Å². The summed E-state index contributed by atoms with van der Waals surface area (Å²) >= 11 is 7.56. The van der Waals surface area contributed by atoms with Crippen LogP contribution in [0.3, 0.4) is 0 Å². The van der Waals surface area contributed by atoms with E-state index in [2.05, 4.69) is 4.72 Å². The Labute approximate surface area is 141 Å². The molecule has 8 heteroatoms. The molecule has 1 aliphatic rings. The third kappa shape index (κ3) is 4.50. The fourth-order valence-corrected chi connectivity index (χ4v) is 4.86. The van der Waals surface area contributed by atoms with E-state index in [0.29, 0.717) is 11.6 Å². The third-order valence-corrected chi connectivity index (χ3v) is 6.41. The van der Waals surface area contributed by atoms with Crippen molar-refractivity contribution in [1.29, 1.82) is 0 Å². The van der Waals surface area contributed by atoms with E-state index < -0.39 is 10.0 Å². The summed E-state index contributed by atoms with van der Waals surface area (Å²) in [6.45, 7) is 0.513. The quantitative estimate of drug-likeness (QED) is 0.781. The summed E-state index contributed by atoms with van der Waals surface area (Å²) in [5, 5.41) is 0.460. The smallest absolute Gasteiger partial charge is 0.240 e. The zero-order valence-corrected chi connectivity index (χ0v) is 14.9. The van der Waals surface area contributed by atoms with Gasteiger partial charge in [-0.05, 0) is 49.8 Å². The molecular weight excluding hydrogens is 351 g/mol. The molecule has 0 saturated heterocycles. The van der Waals surface area contributed by atoms with Gasteiger partial charge in [-0.15, -0.1) is 24.2 Å². The zero-order chi connectivity index (χ0) is 14.8. The fourth-order valence-electron chi connectivity index (χ4n) is 2.56. The first kappa shape index (κ1) is 19.1. The van der Waals surface area contributed by atoms with Crippen molar-refractivity contribution in [1.82, 2.24) is 4.72 Å². The second-order valence-electron chi connectivity index (χ2n) is 4.95. The van der Waals surface area contributed by atoms with Crippen molar-refractivity contribution in [3.8, 4) is 0 Å². The first-order valence-electron chi connectivity index (χ1n) is 6.54. The minimum absolute atomic E-state index is 0. The lowest BCUT2D eigenvalue weighted by Gasteiger charge is -2.19. The van der Waals surface area contributed by atoms with Gasteiger partial charge in [-0.3, -0.25) is 0 Å². The topological polar surface area (TPSA) is 72.2 Å². The molecule has 1 fully saturated rings. The lowest BCUT2D eigenvalue weighted by Crippen LogP contribution is -2.39. The maximum atomic E-state index is 12.4. The Kier molecular flexibility index (Phi) is 7.30. The van der Waals surface area contributed by atoms with Crippen LogP contribution in [0.2, 0.25) is 5.02 Å². The van der Waals surface area contributed by atoms with Crippen LogP contribution in [0.25, 0.3) is 0 Å². The Hall–Kier alpha value is 0.0200. The summed E-state index contributed by atoms with van der Waals surface area (Å²) in [5.74, 6) is 0.228. The predicted octanol–water partition coefficient (Wildman–Crippen LogP) is 2.89. The second-order valence-corrected chi connectivity index (χ2v) is 7.92. The highest BCUT2D eigenvalue weighted by Gasteiger charge is 2.30.